The van der Waals surface area contributed by atoms with E-state index in [0.717, 1.165) is 41.8 Å². The molecule has 1 atom stereocenters. The second kappa shape index (κ2) is 6.23. The average Bonchev–Trinajstić information content (AvgIpc) is 3.13. The van der Waals surface area contributed by atoms with Crippen molar-refractivity contribution in [2.24, 2.45) is 7.05 Å². The number of hydrogen-bond acceptors (Lipinski definition) is 5. The number of amides is 1. The largest absolute Gasteiger partial charge is 0.361 e. The quantitative estimate of drug-likeness (QED) is 0.708. The van der Waals surface area contributed by atoms with Gasteiger partial charge in [0, 0.05) is 37.1 Å². The smallest absolute Gasteiger partial charge is 0.259 e. The summed E-state index contributed by atoms with van der Waals surface area (Å²) >= 11 is 0. The van der Waals surface area contributed by atoms with Crippen molar-refractivity contribution < 1.29 is 9.32 Å². The molecule has 3 aromatic heterocycles. The number of rotatable bonds is 2. The number of carbonyl (C=O) groups is 1. The number of aryl methyl sites for hydroxylation is 4. The Morgan fingerprint density at radius 1 is 1.23 bits per heavy atom. The second-order valence-electron chi connectivity index (χ2n) is 7.11. The molecule has 1 fully saturated rings. The molecule has 0 N–H and O–H groups in total. The van der Waals surface area contributed by atoms with E-state index < -0.39 is 0 Å². The van der Waals surface area contributed by atoms with Gasteiger partial charge in [-0.1, -0.05) is 5.16 Å². The van der Waals surface area contributed by atoms with Crippen molar-refractivity contribution in [2.75, 3.05) is 13.1 Å². The lowest BCUT2D eigenvalue weighted by molar-refractivity contribution is 0.0703. The first-order valence-corrected chi connectivity index (χ1v) is 8.98. The fraction of sp³-hybridized carbons (Fsp3) is 0.474. The summed E-state index contributed by atoms with van der Waals surface area (Å²) in [5, 5.41) is 9.44. The van der Waals surface area contributed by atoms with Crippen LogP contribution in [-0.2, 0) is 7.05 Å². The van der Waals surface area contributed by atoms with Crippen LogP contribution in [0.4, 0.5) is 0 Å². The molecule has 26 heavy (non-hydrogen) atoms. The summed E-state index contributed by atoms with van der Waals surface area (Å²) in [6, 6.07) is 4.17. The number of hydrogen-bond donors (Lipinski definition) is 0. The normalized spacial score (nSPS) is 17.8. The molecule has 7 heteroatoms. The van der Waals surface area contributed by atoms with Gasteiger partial charge in [-0.05, 0) is 45.7 Å². The Hall–Kier alpha value is -2.70. The monoisotopic (exact) mass is 353 g/mol. The van der Waals surface area contributed by atoms with E-state index in [1.54, 1.807) is 6.92 Å². The summed E-state index contributed by atoms with van der Waals surface area (Å²) in [5.41, 5.74) is 4.15. The van der Waals surface area contributed by atoms with E-state index in [-0.39, 0.29) is 11.8 Å². The van der Waals surface area contributed by atoms with E-state index >= 15 is 0 Å². The van der Waals surface area contributed by atoms with E-state index in [0.29, 0.717) is 23.6 Å². The first kappa shape index (κ1) is 16.8. The van der Waals surface area contributed by atoms with Crippen molar-refractivity contribution >= 4 is 16.9 Å². The number of piperidine rings is 1. The van der Waals surface area contributed by atoms with Crippen LogP contribution in [0.25, 0.3) is 11.0 Å². The SMILES string of the molecule is Cc1noc(C)c1C(=O)N1CCC[C@H](c2ccc3c(C)nn(C)c3n2)C1. The zero-order valence-corrected chi connectivity index (χ0v) is 15.6. The van der Waals surface area contributed by atoms with E-state index in [1.807, 2.05) is 30.5 Å². The molecular weight excluding hydrogens is 330 g/mol. The summed E-state index contributed by atoms with van der Waals surface area (Å²) in [5.74, 6) is 0.815. The average molecular weight is 353 g/mol. The molecule has 4 rings (SSSR count). The summed E-state index contributed by atoms with van der Waals surface area (Å²) in [7, 11) is 1.92. The Morgan fingerprint density at radius 2 is 2.04 bits per heavy atom. The lowest BCUT2D eigenvalue weighted by Crippen LogP contribution is -2.39. The van der Waals surface area contributed by atoms with Crippen LogP contribution >= 0.6 is 0 Å². The molecule has 0 aliphatic carbocycles. The molecule has 1 saturated heterocycles. The first-order valence-electron chi connectivity index (χ1n) is 8.98. The molecule has 0 bridgehead atoms. The van der Waals surface area contributed by atoms with Crippen LogP contribution in [0, 0.1) is 20.8 Å². The van der Waals surface area contributed by atoms with Gasteiger partial charge >= 0.3 is 0 Å². The molecule has 3 aromatic rings. The van der Waals surface area contributed by atoms with Gasteiger partial charge in [0.15, 0.2) is 5.65 Å². The van der Waals surface area contributed by atoms with Gasteiger partial charge in [-0.3, -0.25) is 9.48 Å². The van der Waals surface area contributed by atoms with Gasteiger partial charge < -0.3 is 9.42 Å². The molecule has 0 aromatic carbocycles. The molecule has 7 nitrogen and oxygen atoms in total. The molecule has 1 amide bonds. The van der Waals surface area contributed by atoms with E-state index in [4.69, 9.17) is 9.51 Å². The maximum atomic E-state index is 12.9. The van der Waals surface area contributed by atoms with Crippen molar-refractivity contribution in [2.45, 2.75) is 39.5 Å². The zero-order chi connectivity index (χ0) is 18.4. The number of carbonyl (C=O) groups excluding carboxylic acids is 1. The van der Waals surface area contributed by atoms with Gasteiger partial charge in [0.1, 0.15) is 11.3 Å². The second-order valence-corrected chi connectivity index (χ2v) is 7.11. The Bertz CT molecular complexity index is 968. The van der Waals surface area contributed by atoms with E-state index in [1.165, 1.54) is 0 Å². The fourth-order valence-corrected chi connectivity index (χ4v) is 3.90. The Labute approximate surface area is 152 Å². The Balaban J connectivity index is 1.61. The van der Waals surface area contributed by atoms with Gasteiger partial charge in [0.05, 0.1) is 11.4 Å². The van der Waals surface area contributed by atoms with Crippen LogP contribution in [0.5, 0.6) is 0 Å². The molecule has 4 heterocycles. The molecule has 0 saturated carbocycles. The number of pyridine rings is 1. The highest BCUT2D eigenvalue weighted by Gasteiger charge is 2.29. The van der Waals surface area contributed by atoms with Crippen molar-refractivity contribution in [1.82, 2.24) is 24.8 Å². The topological polar surface area (TPSA) is 77.0 Å². The van der Waals surface area contributed by atoms with Crippen LogP contribution in [0.3, 0.4) is 0 Å². The predicted molar refractivity (Wildman–Crippen MR) is 97.1 cm³/mol. The van der Waals surface area contributed by atoms with Crippen LogP contribution < -0.4 is 0 Å². The van der Waals surface area contributed by atoms with Crippen LogP contribution in [0.2, 0.25) is 0 Å². The highest BCUT2D eigenvalue weighted by molar-refractivity contribution is 5.96. The van der Waals surface area contributed by atoms with Crippen molar-refractivity contribution in [3.05, 3.63) is 40.5 Å². The number of nitrogens with zero attached hydrogens (tertiary/aromatic N) is 5. The third-order valence-electron chi connectivity index (χ3n) is 5.27. The first-order chi connectivity index (χ1) is 12.5. The van der Waals surface area contributed by atoms with E-state index in [9.17, 15) is 4.79 Å². The van der Waals surface area contributed by atoms with Gasteiger partial charge in [0.25, 0.3) is 5.91 Å². The summed E-state index contributed by atoms with van der Waals surface area (Å²) in [6.45, 7) is 7.01. The molecular formula is C19H23N5O2. The van der Waals surface area contributed by atoms with Crippen molar-refractivity contribution in [3.63, 3.8) is 0 Å². The van der Waals surface area contributed by atoms with Crippen molar-refractivity contribution in [3.8, 4) is 0 Å². The minimum atomic E-state index is 0.00315. The van der Waals surface area contributed by atoms with Gasteiger partial charge in [-0.25, -0.2) is 4.98 Å². The van der Waals surface area contributed by atoms with Gasteiger partial charge in [-0.2, -0.15) is 5.10 Å². The molecule has 136 valence electrons. The predicted octanol–water partition coefficient (Wildman–Crippen LogP) is 2.90. The van der Waals surface area contributed by atoms with Crippen LogP contribution in [-0.4, -0.2) is 43.8 Å². The summed E-state index contributed by atoms with van der Waals surface area (Å²) in [6.07, 6.45) is 1.99. The lowest BCUT2D eigenvalue weighted by Gasteiger charge is -2.32. The third-order valence-corrected chi connectivity index (χ3v) is 5.27. The number of aromatic nitrogens is 4. The highest BCUT2D eigenvalue weighted by atomic mass is 16.5. The molecule has 0 spiro atoms. The van der Waals surface area contributed by atoms with Crippen LogP contribution in [0.1, 0.15) is 52.0 Å². The fourth-order valence-electron chi connectivity index (χ4n) is 3.90. The molecule has 0 radical (unpaired) electrons. The minimum absolute atomic E-state index is 0.00315. The molecule has 1 aliphatic heterocycles. The van der Waals surface area contributed by atoms with Crippen molar-refractivity contribution in [1.29, 1.82) is 0 Å². The maximum Gasteiger partial charge on any atom is 0.259 e. The molecule has 0 unspecified atom stereocenters. The molecule has 1 aliphatic rings. The Morgan fingerprint density at radius 3 is 2.77 bits per heavy atom. The summed E-state index contributed by atoms with van der Waals surface area (Å²) < 4.78 is 6.99. The highest BCUT2D eigenvalue weighted by Crippen LogP contribution is 2.29. The summed E-state index contributed by atoms with van der Waals surface area (Å²) in [4.78, 5) is 19.7. The lowest BCUT2D eigenvalue weighted by atomic mass is 9.93. The van der Waals surface area contributed by atoms with E-state index in [2.05, 4.69) is 22.4 Å². The minimum Gasteiger partial charge on any atom is -0.361 e. The van der Waals surface area contributed by atoms with Crippen LogP contribution in [0.15, 0.2) is 16.7 Å². The van der Waals surface area contributed by atoms with Gasteiger partial charge in [0.2, 0.25) is 0 Å². The van der Waals surface area contributed by atoms with Gasteiger partial charge in [-0.15, -0.1) is 0 Å². The number of likely N-dealkylation sites (tertiary alicyclic amines) is 1. The maximum absolute atomic E-state index is 12.9. The Kier molecular flexibility index (Phi) is 4.01. The standard InChI is InChI=1S/C19H23N5O2/c1-11-15-7-8-16(20-18(15)23(4)21-11)14-6-5-9-24(10-14)19(25)17-12(2)22-26-13(17)3/h7-8,14H,5-6,9-10H2,1-4H3/t14-/m0/s1. The zero-order valence-electron chi connectivity index (χ0n) is 15.6. The third kappa shape index (κ3) is 2.67. The number of fused-ring (bicyclic) bond motifs is 1.